The number of rotatable bonds is 6. The molecule has 0 saturated carbocycles. The summed E-state index contributed by atoms with van der Waals surface area (Å²) in [7, 11) is 0. The molecule has 1 atom stereocenters. The van der Waals surface area contributed by atoms with Gasteiger partial charge >= 0.3 is 0 Å². The van der Waals surface area contributed by atoms with Gasteiger partial charge in [0.25, 0.3) is 0 Å². The molecule has 0 fully saturated rings. The molecule has 0 saturated heterocycles. The Morgan fingerprint density at radius 2 is 2.10 bits per heavy atom. The van der Waals surface area contributed by atoms with E-state index in [-0.39, 0.29) is 6.61 Å². The Balaban J connectivity index is 2.89. The van der Waals surface area contributed by atoms with Crippen LogP contribution in [0.15, 0.2) is 0 Å². The van der Waals surface area contributed by atoms with Gasteiger partial charge in [-0.3, -0.25) is 0 Å². The van der Waals surface area contributed by atoms with Gasteiger partial charge in [-0.2, -0.15) is 0 Å². The van der Waals surface area contributed by atoms with Crippen molar-refractivity contribution < 1.29 is 19.7 Å². The van der Waals surface area contributed by atoms with Crippen molar-refractivity contribution in [3.05, 3.63) is 0 Å². The molecule has 4 heteroatoms. The lowest BCUT2D eigenvalue weighted by molar-refractivity contribution is -0.133. The molecule has 0 aliphatic carbocycles. The van der Waals surface area contributed by atoms with Crippen LogP contribution >= 0.6 is 0 Å². The number of hydrogen-bond donors (Lipinski definition) is 2. The minimum Gasteiger partial charge on any atom is -0.391 e. The van der Waals surface area contributed by atoms with E-state index >= 15 is 0 Å². The quantitative estimate of drug-likeness (QED) is 0.390. The molecule has 62 valence electrons. The molecule has 0 heterocycles. The smallest absolute Gasteiger partial charge is 0.177 e. The van der Waals surface area contributed by atoms with Crippen molar-refractivity contribution in [2.45, 2.75) is 13.2 Å². The molecule has 0 aliphatic rings. The van der Waals surface area contributed by atoms with E-state index in [0.29, 0.717) is 19.8 Å². The van der Waals surface area contributed by atoms with Crippen LogP contribution in [0.2, 0.25) is 0 Å². The zero-order chi connectivity index (χ0) is 7.82. The van der Waals surface area contributed by atoms with Crippen molar-refractivity contribution in [1.29, 1.82) is 0 Å². The van der Waals surface area contributed by atoms with Crippen molar-refractivity contribution in [3.8, 4) is 0 Å². The van der Waals surface area contributed by atoms with Gasteiger partial charge in [0.15, 0.2) is 6.29 Å². The number of ether oxygens (including phenoxy) is 2. The van der Waals surface area contributed by atoms with Gasteiger partial charge in [0, 0.05) is 6.61 Å². The van der Waals surface area contributed by atoms with Gasteiger partial charge in [-0.15, -0.1) is 0 Å². The maximum Gasteiger partial charge on any atom is 0.177 e. The summed E-state index contributed by atoms with van der Waals surface area (Å²) in [6.07, 6.45) is -1.07. The Bertz CT molecular complexity index is 66.8. The van der Waals surface area contributed by atoms with E-state index in [2.05, 4.69) is 4.74 Å². The summed E-state index contributed by atoms with van der Waals surface area (Å²) in [5.41, 5.74) is 0. The molecule has 0 aromatic heterocycles. The van der Waals surface area contributed by atoms with Gasteiger partial charge < -0.3 is 19.7 Å². The minimum atomic E-state index is -1.07. The molecule has 0 bridgehead atoms. The van der Waals surface area contributed by atoms with Gasteiger partial charge in [0.1, 0.15) is 0 Å². The third kappa shape index (κ3) is 5.97. The lowest BCUT2D eigenvalue weighted by Gasteiger charge is -2.07. The van der Waals surface area contributed by atoms with E-state index in [1.807, 2.05) is 6.92 Å². The molecule has 0 aromatic carbocycles. The summed E-state index contributed by atoms with van der Waals surface area (Å²) in [6.45, 7) is 2.91. The van der Waals surface area contributed by atoms with Crippen LogP contribution in [0.4, 0.5) is 0 Å². The monoisotopic (exact) mass is 150 g/mol. The summed E-state index contributed by atoms with van der Waals surface area (Å²) in [5, 5.41) is 16.9. The summed E-state index contributed by atoms with van der Waals surface area (Å²) in [4.78, 5) is 0. The normalized spacial score (nSPS) is 13.5. The summed E-state index contributed by atoms with van der Waals surface area (Å²) in [5.74, 6) is 0. The maximum atomic E-state index is 8.63. The molecule has 0 aromatic rings. The Labute approximate surface area is 60.4 Å². The van der Waals surface area contributed by atoms with E-state index in [1.165, 1.54) is 0 Å². The first kappa shape index (κ1) is 9.84. The largest absolute Gasteiger partial charge is 0.391 e. The highest BCUT2D eigenvalue weighted by atomic mass is 16.6. The predicted octanol–water partition coefficient (Wildman–Crippen LogP) is -0.650. The van der Waals surface area contributed by atoms with Crippen LogP contribution in [0.5, 0.6) is 0 Å². The molecular weight excluding hydrogens is 136 g/mol. The van der Waals surface area contributed by atoms with E-state index in [0.717, 1.165) is 0 Å². The fourth-order valence-corrected chi connectivity index (χ4v) is 0.440. The first-order valence-corrected chi connectivity index (χ1v) is 3.29. The molecule has 0 spiro atoms. The summed E-state index contributed by atoms with van der Waals surface area (Å²) >= 11 is 0. The van der Waals surface area contributed by atoms with E-state index in [1.54, 1.807) is 0 Å². The number of aliphatic hydroxyl groups excluding tert-OH is 2. The zero-order valence-electron chi connectivity index (χ0n) is 6.12. The van der Waals surface area contributed by atoms with Crippen molar-refractivity contribution >= 4 is 0 Å². The molecular formula is C6H14O4. The summed E-state index contributed by atoms with van der Waals surface area (Å²) in [6, 6.07) is 0. The average Bonchev–Trinajstić information content (AvgIpc) is 1.98. The van der Waals surface area contributed by atoms with Crippen molar-refractivity contribution in [2.75, 3.05) is 26.4 Å². The first-order chi connectivity index (χ1) is 4.81. The second kappa shape index (κ2) is 6.95. The first-order valence-electron chi connectivity index (χ1n) is 3.29. The number of hydrogen-bond acceptors (Lipinski definition) is 4. The topological polar surface area (TPSA) is 58.9 Å². The van der Waals surface area contributed by atoms with Crippen molar-refractivity contribution in [3.63, 3.8) is 0 Å². The van der Waals surface area contributed by atoms with Crippen LogP contribution in [0.25, 0.3) is 0 Å². The Hall–Kier alpha value is -0.160. The molecule has 0 radical (unpaired) electrons. The van der Waals surface area contributed by atoms with E-state index in [4.69, 9.17) is 14.9 Å². The standard InChI is InChI=1S/C6H14O4/c1-2-9-3-4-10-6(8)5-7/h6-8H,2-5H2,1H3. The minimum absolute atomic E-state index is 0.315. The fourth-order valence-electron chi connectivity index (χ4n) is 0.440. The third-order valence-electron chi connectivity index (χ3n) is 0.898. The zero-order valence-corrected chi connectivity index (χ0v) is 6.12. The second-order valence-corrected chi connectivity index (χ2v) is 1.70. The molecule has 0 rings (SSSR count). The molecule has 10 heavy (non-hydrogen) atoms. The molecule has 0 aliphatic heterocycles. The van der Waals surface area contributed by atoms with Gasteiger partial charge in [0.2, 0.25) is 0 Å². The molecule has 2 N–H and O–H groups in total. The third-order valence-corrected chi connectivity index (χ3v) is 0.898. The van der Waals surface area contributed by atoms with Crippen LogP contribution in [0.3, 0.4) is 0 Å². The van der Waals surface area contributed by atoms with Gasteiger partial charge in [-0.25, -0.2) is 0 Å². The van der Waals surface area contributed by atoms with E-state index < -0.39 is 6.29 Å². The fraction of sp³-hybridized carbons (Fsp3) is 1.00. The second-order valence-electron chi connectivity index (χ2n) is 1.70. The Kier molecular flexibility index (Phi) is 6.84. The molecule has 1 unspecified atom stereocenters. The highest BCUT2D eigenvalue weighted by molar-refractivity contribution is 4.34. The summed E-state index contributed by atoms with van der Waals surface area (Å²) < 4.78 is 9.58. The molecule has 0 amide bonds. The highest BCUT2D eigenvalue weighted by Crippen LogP contribution is 1.84. The van der Waals surface area contributed by atoms with Gasteiger partial charge in [-0.1, -0.05) is 0 Å². The van der Waals surface area contributed by atoms with Crippen LogP contribution in [0, 0.1) is 0 Å². The van der Waals surface area contributed by atoms with Crippen molar-refractivity contribution in [2.24, 2.45) is 0 Å². The van der Waals surface area contributed by atoms with Gasteiger partial charge in [-0.05, 0) is 6.92 Å². The van der Waals surface area contributed by atoms with Crippen molar-refractivity contribution in [1.82, 2.24) is 0 Å². The van der Waals surface area contributed by atoms with Crippen LogP contribution in [-0.2, 0) is 9.47 Å². The SMILES string of the molecule is CCOCCOC(O)CO. The predicted molar refractivity (Wildman–Crippen MR) is 35.5 cm³/mol. The van der Waals surface area contributed by atoms with Crippen LogP contribution < -0.4 is 0 Å². The average molecular weight is 150 g/mol. The molecule has 4 nitrogen and oxygen atoms in total. The van der Waals surface area contributed by atoms with Gasteiger partial charge in [0.05, 0.1) is 19.8 Å². The van der Waals surface area contributed by atoms with Crippen LogP contribution in [0.1, 0.15) is 6.92 Å². The Morgan fingerprint density at radius 3 is 2.60 bits per heavy atom. The lowest BCUT2D eigenvalue weighted by atomic mass is 10.7. The van der Waals surface area contributed by atoms with E-state index in [9.17, 15) is 0 Å². The highest BCUT2D eigenvalue weighted by Gasteiger charge is 1.98. The Morgan fingerprint density at radius 1 is 1.40 bits per heavy atom. The maximum absolute atomic E-state index is 8.63. The number of aliphatic hydroxyl groups is 2. The van der Waals surface area contributed by atoms with Crippen LogP contribution in [-0.4, -0.2) is 42.9 Å². The lowest BCUT2D eigenvalue weighted by Crippen LogP contribution is -2.19.